The molecule has 0 aromatic heterocycles. The van der Waals surface area contributed by atoms with Crippen LogP contribution in [0.5, 0.6) is 11.5 Å². The topological polar surface area (TPSA) is 55.8 Å². The van der Waals surface area contributed by atoms with Gasteiger partial charge in [-0.2, -0.15) is 0 Å². The third kappa shape index (κ3) is 3.42. The van der Waals surface area contributed by atoms with Gasteiger partial charge in [0.2, 0.25) is 0 Å². The van der Waals surface area contributed by atoms with Crippen LogP contribution < -0.4 is 9.47 Å². The second-order valence-electron chi connectivity index (χ2n) is 7.51. The van der Waals surface area contributed by atoms with Crippen molar-refractivity contribution in [1.82, 2.24) is 4.90 Å². The number of amides is 1. The molecule has 1 saturated heterocycles. The van der Waals surface area contributed by atoms with E-state index in [2.05, 4.69) is 0 Å². The molecule has 0 unspecified atom stereocenters. The zero-order valence-corrected chi connectivity index (χ0v) is 15.7. The van der Waals surface area contributed by atoms with Gasteiger partial charge in [0.15, 0.2) is 5.78 Å². The Balaban J connectivity index is 1.45. The van der Waals surface area contributed by atoms with Crippen molar-refractivity contribution in [2.75, 3.05) is 13.1 Å². The molecule has 2 aliphatic heterocycles. The zero-order chi connectivity index (χ0) is 19.0. The third-order valence-electron chi connectivity index (χ3n) is 5.41. The summed E-state index contributed by atoms with van der Waals surface area (Å²) >= 11 is 0. The van der Waals surface area contributed by atoms with Crippen LogP contribution in [-0.4, -0.2) is 35.5 Å². The average Bonchev–Trinajstić information content (AvgIpc) is 2.62. The number of ketones is 1. The van der Waals surface area contributed by atoms with Gasteiger partial charge in [0, 0.05) is 25.9 Å². The van der Waals surface area contributed by atoms with E-state index in [0.717, 1.165) is 11.1 Å². The minimum absolute atomic E-state index is 0.133. The first-order valence-electron chi connectivity index (χ1n) is 9.31. The van der Waals surface area contributed by atoms with Crippen molar-refractivity contribution in [2.45, 2.75) is 38.7 Å². The molecule has 1 amide bonds. The molecule has 2 heterocycles. The van der Waals surface area contributed by atoms with Gasteiger partial charge < -0.3 is 14.4 Å². The van der Waals surface area contributed by atoms with Crippen molar-refractivity contribution in [3.8, 4) is 11.5 Å². The highest BCUT2D eigenvalue weighted by molar-refractivity contribution is 6.01. The number of nitrogens with zero attached hydrogens (tertiary/aromatic N) is 1. The highest BCUT2D eigenvalue weighted by Crippen LogP contribution is 2.41. The minimum atomic E-state index is -0.520. The van der Waals surface area contributed by atoms with Crippen LogP contribution in [0.3, 0.4) is 0 Å². The Morgan fingerprint density at radius 2 is 1.81 bits per heavy atom. The number of carbonyl (C=O) groups excluding carboxylic acids is 2. The monoisotopic (exact) mass is 365 g/mol. The first-order chi connectivity index (χ1) is 13.0. The molecule has 0 atom stereocenters. The van der Waals surface area contributed by atoms with E-state index in [-0.39, 0.29) is 11.9 Å². The summed E-state index contributed by atoms with van der Waals surface area (Å²) in [4.78, 5) is 26.8. The SMILES string of the molecule is Cc1cc(C)c2c(c1)OC1(CCN(C(=O)Oc3ccccc3)CC1)CC2=O. The number of benzene rings is 2. The lowest BCUT2D eigenvalue weighted by atomic mass is 9.81. The summed E-state index contributed by atoms with van der Waals surface area (Å²) in [5.41, 5.74) is 2.24. The fraction of sp³-hybridized carbons (Fsp3) is 0.364. The summed E-state index contributed by atoms with van der Waals surface area (Å²) in [6.07, 6.45) is 1.25. The third-order valence-corrected chi connectivity index (χ3v) is 5.41. The number of rotatable bonds is 1. The first kappa shape index (κ1) is 17.6. The van der Waals surface area contributed by atoms with E-state index in [1.54, 1.807) is 17.0 Å². The molecule has 2 aromatic carbocycles. The lowest BCUT2D eigenvalue weighted by molar-refractivity contribution is -0.00450. The number of likely N-dealkylation sites (tertiary alicyclic amines) is 1. The maximum atomic E-state index is 12.8. The van der Waals surface area contributed by atoms with Crippen LogP contribution >= 0.6 is 0 Å². The first-order valence-corrected chi connectivity index (χ1v) is 9.31. The highest BCUT2D eigenvalue weighted by Gasteiger charge is 2.44. The molecule has 0 aliphatic carbocycles. The number of fused-ring (bicyclic) bond motifs is 1. The minimum Gasteiger partial charge on any atom is -0.486 e. The number of carbonyl (C=O) groups is 2. The van der Waals surface area contributed by atoms with E-state index in [1.165, 1.54) is 0 Å². The summed E-state index contributed by atoms with van der Waals surface area (Å²) in [7, 11) is 0. The van der Waals surface area contributed by atoms with Gasteiger partial charge in [-0.3, -0.25) is 4.79 Å². The molecule has 4 rings (SSSR count). The maximum Gasteiger partial charge on any atom is 0.415 e. The number of para-hydroxylation sites is 1. The highest BCUT2D eigenvalue weighted by atomic mass is 16.6. The smallest absolute Gasteiger partial charge is 0.415 e. The van der Waals surface area contributed by atoms with Gasteiger partial charge >= 0.3 is 6.09 Å². The molecule has 0 bridgehead atoms. The summed E-state index contributed by atoms with van der Waals surface area (Å²) in [5, 5.41) is 0. The van der Waals surface area contributed by atoms with Gasteiger partial charge in [-0.05, 0) is 43.2 Å². The van der Waals surface area contributed by atoms with Crippen LogP contribution in [0.15, 0.2) is 42.5 Å². The van der Waals surface area contributed by atoms with Crippen molar-refractivity contribution < 1.29 is 19.1 Å². The van der Waals surface area contributed by atoms with Crippen LogP contribution in [0.4, 0.5) is 4.79 Å². The molecular weight excluding hydrogens is 342 g/mol. The fourth-order valence-electron chi connectivity index (χ4n) is 4.05. The van der Waals surface area contributed by atoms with Gasteiger partial charge in [-0.25, -0.2) is 4.79 Å². The summed E-state index contributed by atoms with van der Waals surface area (Å²) in [5.74, 6) is 1.35. The molecular formula is C22H23NO4. The lowest BCUT2D eigenvalue weighted by Crippen LogP contribution is -2.52. The Morgan fingerprint density at radius 1 is 1.11 bits per heavy atom. The van der Waals surface area contributed by atoms with Crippen molar-refractivity contribution >= 4 is 11.9 Å². The summed E-state index contributed by atoms with van der Waals surface area (Å²) < 4.78 is 11.8. The molecule has 0 N–H and O–H groups in total. The van der Waals surface area contributed by atoms with Crippen LogP contribution in [0.2, 0.25) is 0 Å². The molecule has 1 spiro atoms. The van der Waals surface area contributed by atoms with Crippen molar-refractivity contribution in [3.63, 3.8) is 0 Å². The number of piperidine rings is 1. The normalized spacial score (nSPS) is 18.0. The van der Waals surface area contributed by atoms with Gasteiger partial charge in [0.1, 0.15) is 17.1 Å². The van der Waals surface area contributed by atoms with Gasteiger partial charge in [0.25, 0.3) is 0 Å². The molecule has 5 nitrogen and oxygen atoms in total. The van der Waals surface area contributed by atoms with Crippen LogP contribution in [0.1, 0.15) is 40.7 Å². The Kier molecular flexibility index (Phi) is 4.38. The molecule has 27 heavy (non-hydrogen) atoms. The zero-order valence-electron chi connectivity index (χ0n) is 15.7. The number of hydrogen-bond donors (Lipinski definition) is 0. The maximum absolute atomic E-state index is 12.8. The van der Waals surface area contributed by atoms with Gasteiger partial charge in [-0.15, -0.1) is 0 Å². The van der Waals surface area contributed by atoms with Crippen LogP contribution in [-0.2, 0) is 0 Å². The van der Waals surface area contributed by atoms with Gasteiger partial charge in [-0.1, -0.05) is 24.3 Å². The van der Waals surface area contributed by atoms with E-state index in [4.69, 9.17) is 9.47 Å². The second kappa shape index (κ2) is 6.72. The van der Waals surface area contributed by atoms with E-state index in [1.807, 2.05) is 44.2 Å². The molecule has 0 saturated carbocycles. The summed E-state index contributed by atoms with van der Waals surface area (Å²) in [6.45, 7) is 4.98. The van der Waals surface area contributed by atoms with Crippen LogP contribution in [0, 0.1) is 13.8 Å². The second-order valence-corrected chi connectivity index (χ2v) is 7.51. The number of Topliss-reactive ketones (excluding diaryl/α,β-unsaturated/α-hetero) is 1. The Hall–Kier alpha value is -2.82. The molecule has 2 aromatic rings. The van der Waals surface area contributed by atoms with Gasteiger partial charge in [0.05, 0.1) is 12.0 Å². The van der Waals surface area contributed by atoms with Crippen LogP contribution in [0.25, 0.3) is 0 Å². The summed E-state index contributed by atoms with van der Waals surface area (Å²) in [6, 6.07) is 13.0. The quantitative estimate of drug-likeness (QED) is 0.756. The molecule has 0 radical (unpaired) electrons. The van der Waals surface area contributed by atoms with E-state index < -0.39 is 5.60 Å². The number of hydrogen-bond acceptors (Lipinski definition) is 4. The Labute approximate surface area is 158 Å². The van der Waals surface area contributed by atoms with Crippen molar-refractivity contribution in [1.29, 1.82) is 0 Å². The van der Waals surface area contributed by atoms with E-state index in [0.29, 0.717) is 49.4 Å². The predicted molar refractivity (Wildman–Crippen MR) is 101 cm³/mol. The van der Waals surface area contributed by atoms with Crippen molar-refractivity contribution in [2.24, 2.45) is 0 Å². The number of ether oxygens (including phenoxy) is 2. The standard InChI is InChI=1S/C22H23NO4/c1-15-12-16(2)20-18(24)14-22(27-19(20)13-15)8-10-23(11-9-22)21(25)26-17-6-4-3-5-7-17/h3-7,12-13H,8-11,14H2,1-2H3. The average molecular weight is 365 g/mol. The Bertz CT molecular complexity index is 883. The fourth-order valence-corrected chi connectivity index (χ4v) is 4.05. The molecule has 1 fully saturated rings. The molecule has 2 aliphatic rings. The Morgan fingerprint density at radius 3 is 2.52 bits per heavy atom. The van der Waals surface area contributed by atoms with E-state index in [9.17, 15) is 9.59 Å². The van der Waals surface area contributed by atoms with E-state index >= 15 is 0 Å². The molecule has 5 heteroatoms. The largest absolute Gasteiger partial charge is 0.486 e. The van der Waals surface area contributed by atoms with Crippen molar-refractivity contribution in [3.05, 3.63) is 59.2 Å². The molecule has 140 valence electrons. The predicted octanol–water partition coefficient (Wildman–Crippen LogP) is 4.30. The number of aryl methyl sites for hydroxylation is 2. The lowest BCUT2D eigenvalue weighted by Gasteiger charge is -2.43.